The highest BCUT2D eigenvalue weighted by Gasteiger charge is 2.40. The van der Waals surface area contributed by atoms with Crippen molar-refractivity contribution in [1.29, 1.82) is 0 Å². The van der Waals surface area contributed by atoms with Crippen LogP contribution in [0.2, 0.25) is 0 Å². The van der Waals surface area contributed by atoms with Crippen LogP contribution < -0.4 is 0 Å². The molecule has 1 unspecified atom stereocenters. The number of esters is 1. The summed E-state index contributed by atoms with van der Waals surface area (Å²) in [6, 6.07) is 14.6. The molecule has 0 aliphatic rings. The van der Waals surface area contributed by atoms with Crippen LogP contribution in [0.1, 0.15) is 31.2 Å². The molecule has 0 saturated heterocycles. The Hall–Kier alpha value is -3.30. The average molecular weight is 487 g/mol. The van der Waals surface area contributed by atoms with Gasteiger partial charge >= 0.3 is 5.97 Å². The number of sulfonamides is 1. The summed E-state index contributed by atoms with van der Waals surface area (Å²) >= 11 is 0. The summed E-state index contributed by atoms with van der Waals surface area (Å²) in [4.78, 5) is 23.1. The summed E-state index contributed by atoms with van der Waals surface area (Å²) in [5.74, 6) is -0.380. The molecule has 182 valence electrons. The van der Waals surface area contributed by atoms with Crippen molar-refractivity contribution in [3.8, 4) is 0 Å². The van der Waals surface area contributed by atoms with E-state index >= 15 is 0 Å². The van der Waals surface area contributed by atoms with E-state index in [9.17, 15) is 23.3 Å². The lowest BCUT2D eigenvalue weighted by Gasteiger charge is -2.31. The second-order valence-corrected chi connectivity index (χ2v) is 9.67. The lowest BCUT2D eigenvalue weighted by atomic mass is 9.73. The molecule has 2 aromatic rings. The van der Waals surface area contributed by atoms with Crippen molar-refractivity contribution in [2.45, 2.75) is 36.0 Å². The van der Waals surface area contributed by atoms with Gasteiger partial charge in [0.15, 0.2) is 4.90 Å². The van der Waals surface area contributed by atoms with Crippen LogP contribution in [0.25, 0.3) is 0 Å². The monoisotopic (exact) mass is 486 g/mol. The van der Waals surface area contributed by atoms with Gasteiger partial charge in [-0.1, -0.05) is 61.0 Å². The highest BCUT2D eigenvalue weighted by molar-refractivity contribution is 7.89. The van der Waals surface area contributed by atoms with Gasteiger partial charge in [0.2, 0.25) is 10.0 Å². The fraction of sp³-hybridized carbons (Fsp3) is 0.320. The number of carbonyl (C=O) groups is 1. The molecule has 0 bridgehead atoms. The summed E-state index contributed by atoms with van der Waals surface area (Å²) in [7, 11) is -2.78. The second kappa shape index (κ2) is 12.2. The molecule has 0 saturated carbocycles. The van der Waals surface area contributed by atoms with Crippen LogP contribution in [-0.4, -0.2) is 43.8 Å². The second-order valence-electron chi connectivity index (χ2n) is 7.77. The van der Waals surface area contributed by atoms with Crippen LogP contribution in [0.15, 0.2) is 84.8 Å². The highest BCUT2D eigenvalue weighted by atomic mass is 32.2. The lowest BCUT2D eigenvalue weighted by molar-refractivity contribution is -0.387. The fourth-order valence-electron chi connectivity index (χ4n) is 4.00. The maximum absolute atomic E-state index is 13.2. The van der Waals surface area contributed by atoms with Crippen molar-refractivity contribution in [2.24, 2.45) is 0 Å². The molecule has 0 aromatic heterocycles. The van der Waals surface area contributed by atoms with Crippen molar-refractivity contribution in [1.82, 2.24) is 4.31 Å². The Balaban J connectivity index is 2.24. The zero-order chi connectivity index (χ0) is 25.2. The van der Waals surface area contributed by atoms with Gasteiger partial charge in [0.05, 0.1) is 17.4 Å². The highest BCUT2D eigenvalue weighted by Crippen LogP contribution is 2.36. The Labute approximate surface area is 200 Å². The number of hydrogen-bond donors (Lipinski definition) is 0. The zero-order valence-electron chi connectivity index (χ0n) is 19.3. The van der Waals surface area contributed by atoms with E-state index in [1.165, 1.54) is 37.5 Å². The first-order valence-electron chi connectivity index (χ1n) is 10.8. The molecule has 1 atom stereocenters. The number of carbonyl (C=O) groups excluding carboxylic acids is 1. The topological polar surface area (TPSA) is 107 Å². The number of benzene rings is 2. The van der Waals surface area contributed by atoms with Crippen molar-refractivity contribution in [2.75, 3.05) is 20.2 Å². The van der Waals surface area contributed by atoms with Crippen molar-refractivity contribution >= 4 is 21.7 Å². The molecule has 34 heavy (non-hydrogen) atoms. The predicted octanol–water partition coefficient (Wildman–Crippen LogP) is 4.63. The molecule has 8 nitrogen and oxygen atoms in total. The number of allylic oxidation sites excluding steroid dienone is 1. The fourth-order valence-corrected chi connectivity index (χ4v) is 5.61. The summed E-state index contributed by atoms with van der Waals surface area (Å²) < 4.78 is 32.7. The number of nitro benzene ring substituents is 1. The van der Waals surface area contributed by atoms with Gasteiger partial charge in [-0.2, -0.15) is 4.31 Å². The number of ether oxygens (including phenoxy) is 1. The summed E-state index contributed by atoms with van der Waals surface area (Å²) in [6.07, 6.45) is 4.84. The smallest absolute Gasteiger partial charge is 0.316 e. The molecule has 9 heteroatoms. The first-order chi connectivity index (χ1) is 16.2. The van der Waals surface area contributed by atoms with E-state index in [0.717, 1.165) is 9.87 Å². The Morgan fingerprint density at radius 1 is 1.09 bits per heavy atom. The van der Waals surface area contributed by atoms with Crippen LogP contribution in [0.5, 0.6) is 0 Å². The van der Waals surface area contributed by atoms with Gasteiger partial charge in [0.25, 0.3) is 5.69 Å². The third-order valence-electron chi connectivity index (χ3n) is 5.67. The van der Waals surface area contributed by atoms with Gasteiger partial charge < -0.3 is 4.74 Å². The van der Waals surface area contributed by atoms with E-state index in [2.05, 4.69) is 13.2 Å². The molecule has 0 radical (unpaired) electrons. The van der Waals surface area contributed by atoms with Gasteiger partial charge in [-0.15, -0.1) is 13.2 Å². The van der Waals surface area contributed by atoms with Gasteiger partial charge in [-0.25, -0.2) is 8.42 Å². The first kappa shape index (κ1) is 26.9. The van der Waals surface area contributed by atoms with Crippen molar-refractivity contribution < 1.29 is 22.9 Å². The third-order valence-corrected chi connectivity index (χ3v) is 7.58. The Bertz CT molecular complexity index is 1120. The lowest BCUT2D eigenvalue weighted by Crippen LogP contribution is -2.37. The van der Waals surface area contributed by atoms with E-state index in [4.69, 9.17) is 4.74 Å². The number of unbranched alkanes of at least 4 members (excludes halogenated alkanes) is 1. The van der Waals surface area contributed by atoms with Gasteiger partial charge in [-0.05, 0) is 30.9 Å². The number of methoxy groups -OCH3 is 1. The standard InChI is InChI=1S/C25H30N2O6S/c1-4-17-25(24(28)33-3,21-13-7-6-8-14-21)18-11-12-20-26(19-5-2)34(31,32)23-16-10-9-15-22(23)27(29)30/h4-10,13-16H,1-2,11-12,17-20H2,3H3. The van der Waals surface area contributed by atoms with Crippen LogP contribution in [-0.2, 0) is 25.0 Å². The molecule has 2 aromatic carbocycles. The van der Waals surface area contributed by atoms with Gasteiger partial charge in [0, 0.05) is 19.2 Å². The third kappa shape index (κ3) is 5.98. The summed E-state index contributed by atoms with van der Waals surface area (Å²) in [5.41, 5.74) is -0.605. The van der Waals surface area contributed by atoms with E-state index in [1.54, 1.807) is 6.08 Å². The Kier molecular flexibility index (Phi) is 9.70. The largest absolute Gasteiger partial charge is 0.468 e. The van der Waals surface area contributed by atoms with Crippen molar-refractivity contribution in [3.63, 3.8) is 0 Å². The van der Waals surface area contributed by atoms with Crippen LogP contribution in [0.4, 0.5) is 5.69 Å². The van der Waals surface area contributed by atoms with E-state index in [1.807, 2.05) is 30.3 Å². The molecule has 0 amide bonds. The predicted molar refractivity (Wildman–Crippen MR) is 131 cm³/mol. The van der Waals surface area contributed by atoms with Crippen molar-refractivity contribution in [3.05, 3.63) is 95.6 Å². The van der Waals surface area contributed by atoms with E-state index in [0.29, 0.717) is 25.7 Å². The quantitative estimate of drug-likeness (QED) is 0.127. The molecule has 0 fully saturated rings. The first-order valence-corrected chi connectivity index (χ1v) is 12.3. The number of nitrogens with zero attached hydrogens (tertiary/aromatic N) is 2. The summed E-state index contributed by atoms with van der Waals surface area (Å²) in [6.45, 7) is 7.53. The number of hydrogen-bond acceptors (Lipinski definition) is 6. The zero-order valence-corrected chi connectivity index (χ0v) is 20.1. The Morgan fingerprint density at radius 2 is 1.74 bits per heavy atom. The number of rotatable bonds is 14. The molecule has 2 rings (SSSR count). The minimum absolute atomic E-state index is 0.00185. The molecule has 0 aliphatic carbocycles. The van der Waals surface area contributed by atoms with Crippen LogP contribution >= 0.6 is 0 Å². The maximum Gasteiger partial charge on any atom is 0.316 e. The molecule has 0 heterocycles. The minimum atomic E-state index is -4.13. The van der Waals surface area contributed by atoms with Gasteiger partial charge in [-0.3, -0.25) is 14.9 Å². The average Bonchev–Trinajstić information content (AvgIpc) is 2.85. The van der Waals surface area contributed by atoms with E-state index in [-0.39, 0.29) is 24.0 Å². The molecule has 0 aliphatic heterocycles. The normalized spacial score (nSPS) is 13.1. The molecular weight excluding hydrogens is 456 g/mol. The molecule has 0 N–H and O–H groups in total. The molecular formula is C25H30N2O6S. The SMILES string of the molecule is C=CCN(CCCCC(CC=C)(C(=O)OC)c1ccccc1)S(=O)(=O)c1ccccc1[N+](=O)[O-]. The van der Waals surface area contributed by atoms with Crippen LogP contribution in [0.3, 0.4) is 0 Å². The van der Waals surface area contributed by atoms with E-state index < -0.39 is 26.0 Å². The van der Waals surface area contributed by atoms with Crippen LogP contribution in [0, 0.1) is 10.1 Å². The number of nitro groups is 1. The Morgan fingerprint density at radius 3 is 2.32 bits per heavy atom. The molecule has 0 spiro atoms. The maximum atomic E-state index is 13.2. The summed E-state index contributed by atoms with van der Waals surface area (Å²) in [5, 5.41) is 11.4. The number of para-hydroxylation sites is 1. The minimum Gasteiger partial charge on any atom is -0.468 e. The van der Waals surface area contributed by atoms with Gasteiger partial charge in [0.1, 0.15) is 0 Å².